The predicted octanol–water partition coefficient (Wildman–Crippen LogP) is 3.17. The van der Waals surface area contributed by atoms with Crippen LogP contribution in [0.15, 0.2) is 18.2 Å². The molecule has 0 atom stereocenters. The van der Waals surface area contributed by atoms with Crippen LogP contribution in [-0.2, 0) is 13.5 Å². The quantitative estimate of drug-likeness (QED) is 0.897. The van der Waals surface area contributed by atoms with E-state index in [9.17, 15) is 0 Å². The van der Waals surface area contributed by atoms with Crippen LogP contribution >= 0.6 is 0 Å². The Bertz CT molecular complexity index is 570. The van der Waals surface area contributed by atoms with Crippen molar-refractivity contribution >= 4 is 10.9 Å². The number of hydrogen-bond acceptors (Lipinski definition) is 2. The van der Waals surface area contributed by atoms with Gasteiger partial charge in [0, 0.05) is 23.6 Å². The average Bonchev–Trinajstić information content (AvgIpc) is 2.59. The summed E-state index contributed by atoms with van der Waals surface area (Å²) in [7, 11) is 2.12. The van der Waals surface area contributed by atoms with Crippen molar-refractivity contribution < 1.29 is 4.74 Å². The molecule has 1 aromatic carbocycles. The molecule has 3 nitrogen and oxygen atoms in total. The van der Waals surface area contributed by atoms with Crippen molar-refractivity contribution in [3.8, 4) is 5.75 Å². The van der Waals surface area contributed by atoms with Crippen LogP contribution < -0.4 is 10.5 Å². The van der Waals surface area contributed by atoms with Crippen LogP contribution in [0.2, 0.25) is 0 Å². The fourth-order valence-corrected chi connectivity index (χ4v) is 2.57. The van der Waals surface area contributed by atoms with E-state index >= 15 is 0 Å². The van der Waals surface area contributed by atoms with Gasteiger partial charge >= 0.3 is 0 Å². The van der Waals surface area contributed by atoms with Gasteiger partial charge in [-0.15, -0.1) is 0 Å². The number of nitrogens with zero attached hydrogens (tertiary/aromatic N) is 1. The van der Waals surface area contributed by atoms with Gasteiger partial charge in [-0.1, -0.05) is 0 Å². The monoisotopic (exact) mass is 260 g/mol. The Balaban J connectivity index is 2.49. The minimum atomic E-state index is 0.203. The van der Waals surface area contributed by atoms with E-state index < -0.39 is 0 Å². The number of fused-ring (bicyclic) bond motifs is 1. The van der Waals surface area contributed by atoms with E-state index in [1.54, 1.807) is 0 Å². The zero-order valence-electron chi connectivity index (χ0n) is 12.4. The van der Waals surface area contributed by atoms with Crippen LogP contribution in [0.25, 0.3) is 10.9 Å². The molecule has 19 heavy (non-hydrogen) atoms. The molecule has 0 spiro atoms. The van der Waals surface area contributed by atoms with Gasteiger partial charge in [-0.3, -0.25) is 0 Å². The molecule has 104 valence electrons. The molecule has 0 aliphatic rings. The molecule has 0 aliphatic heterocycles. The summed E-state index contributed by atoms with van der Waals surface area (Å²) >= 11 is 0. The number of aromatic nitrogens is 1. The predicted molar refractivity (Wildman–Crippen MR) is 80.8 cm³/mol. The third-order valence-corrected chi connectivity index (χ3v) is 3.60. The van der Waals surface area contributed by atoms with Crippen molar-refractivity contribution in [2.75, 3.05) is 6.54 Å². The van der Waals surface area contributed by atoms with Gasteiger partial charge in [0.1, 0.15) is 5.75 Å². The first-order valence-electron chi connectivity index (χ1n) is 6.99. The lowest BCUT2D eigenvalue weighted by molar-refractivity contribution is 0.243. The van der Waals surface area contributed by atoms with Crippen molar-refractivity contribution in [3.63, 3.8) is 0 Å². The van der Waals surface area contributed by atoms with Crippen LogP contribution in [-0.4, -0.2) is 17.2 Å². The highest BCUT2D eigenvalue weighted by Crippen LogP contribution is 2.29. The topological polar surface area (TPSA) is 40.2 Å². The van der Waals surface area contributed by atoms with E-state index in [-0.39, 0.29) is 6.10 Å². The first-order valence-corrected chi connectivity index (χ1v) is 6.99. The Kier molecular flexibility index (Phi) is 4.15. The van der Waals surface area contributed by atoms with Crippen LogP contribution in [0.5, 0.6) is 5.75 Å². The molecule has 0 saturated heterocycles. The molecule has 0 saturated carbocycles. The van der Waals surface area contributed by atoms with Crippen molar-refractivity contribution in [3.05, 3.63) is 29.5 Å². The lowest BCUT2D eigenvalue weighted by atomic mass is 10.1. The molecule has 2 N–H and O–H groups in total. The van der Waals surface area contributed by atoms with E-state index in [4.69, 9.17) is 10.5 Å². The number of benzene rings is 1. The van der Waals surface area contributed by atoms with Gasteiger partial charge in [0.15, 0.2) is 0 Å². The molecular formula is C16H24N2O. The van der Waals surface area contributed by atoms with Crippen molar-refractivity contribution in [2.24, 2.45) is 12.8 Å². The molecule has 2 rings (SSSR count). The molecule has 0 aliphatic carbocycles. The maximum absolute atomic E-state index is 5.80. The molecule has 1 heterocycles. The number of ether oxygens (including phenoxy) is 1. The molecule has 0 radical (unpaired) electrons. The molecule has 1 aromatic heterocycles. The smallest absolute Gasteiger partial charge is 0.120 e. The van der Waals surface area contributed by atoms with Gasteiger partial charge in [-0.25, -0.2) is 0 Å². The zero-order chi connectivity index (χ0) is 14.0. The zero-order valence-corrected chi connectivity index (χ0v) is 12.4. The Hall–Kier alpha value is -1.48. The molecule has 0 unspecified atom stereocenters. The standard InChI is InChI=1S/C16H24N2O/c1-11(2)19-13-7-8-16-15(10-13)14(6-5-9-17)12(3)18(16)4/h7-8,10-11H,5-6,9,17H2,1-4H3. The average molecular weight is 260 g/mol. The largest absolute Gasteiger partial charge is 0.491 e. The second kappa shape index (κ2) is 5.66. The molecule has 0 amide bonds. The lowest BCUT2D eigenvalue weighted by Crippen LogP contribution is -2.05. The maximum atomic E-state index is 5.80. The number of nitrogens with two attached hydrogens (primary N) is 1. The molecule has 3 heteroatoms. The first-order chi connectivity index (χ1) is 9.04. The van der Waals surface area contributed by atoms with Gasteiger partial charge < -0.3 is 15.0 Å². The second-order valence-corrected chi connectivity index (χ2v) is 5.36. The molecule has 2 aromatic rings. The summed E-state index contributed by atoms with van der Waals surface area (Å²) in [6, 6.07) is 6.36. The highest BCUT2D eigenvalue weighted by Gasteiger charge is 2.12. The van der Waals surface area contributed by atoms with Crippen molar-refractivity contribution in [1.82, 2.24) is 4.57 Å². The Morgan fingerprint density at radius 1 is 1.32 bits per heavy atom. The van der Waals surface area contributed by atoms with E-state index in [0.29, 0.717) is 0 Å². The SMILES string of the molecule is Cc1c(CCCN)c2cc(OC(C)C)ccc2n1C. The molecule has 0 bridgehead atoms. The first kappa shape index (κ1) is 13.9. The molecule has 0 fully saturated rings. The van der Waals surface area contributed by atoms with E-state index in [2.05, 4.69) is 50.6 Å². The summed E-state index contributed by atoms with van der Waals surface area (Å²) in [5.41, 5.74) is 9.63. The Labute approximate surface area is 115 Å². The summed E-state index contributed by atoms with van der Waals surface area (Å²) < 4.78 is 8.05. The van der Waals surface area contributed by atoms with Crippen LogP contribution in [0.1, 0.15) is 31.5 Å². The fourth-order valence-electron chi connectivity index (χ4n) is 2.57. The van der Waals surface area contributed by atoms with Gasteiger partial charge in [0.25, 0.3) is 0 Å². The number of aryl methyl sites for hydroxylation is 2. The van der Waals surface area contributed by atoms with Crippen molar-refractivity contribution in [1.29, 1.82) is 0 Å². The minimum absolute atomic E-state index is 0.203. The Morgan fingerprint density at radius 3 is 2.68 bits per heavy atom. The van der Waals surface area contributed by atoms with Gasteiger partial charge in [-0.2, -0.15) is 0 Å². The minimum Gasteiger partial charge on any atom is -0.491 e. The van der Waals surface area contributed by atoms with Crippen molar-refractivity contribution in [2.45, 2.75) is 39.7 Å². The Morgan fingerprint density at radius 2 is 2.05 bits per heavy atom. The van der Waals surface area contributed by atoms with E-state index in [1.807, 2.05) is 0 Å². The summed E-state index contributed by atoms with van der Waals surface area (Å²) in [6.07, 6.45) is 2.26. The maximum Gasteiger partial charge on any atom is 0.120 e. The third-order valence-electron chi connectivity index (χ3n) is 3.60. The summed E-state index contributed by atoms with van der Waals surface area (Å²) in [5.74, 6) is 0.946. The number of rotatable bonds is 5. The second-order valence-electron chi connectivity index (χ2n) is 5.36. The van der Waals surface area contributed by atoms with Gasteiger partial charge in [0.05, 0.1) is 6.10 Å². The van der Waals surface area contributed by atoms with Crippen LogP contribution in [0.3, 0.4) is 0 Å². The van der Waals surface area contributed by atoms with Gasteiger partial charge in [-0.05, 0) is 63.9 Å². The van der Waals surface area contributed by atoms with E-state index in [0.717, 1.165) is 25.1 Å². The summed E-state index contributed by atoms with van der Waals surface area (Å²) in [5, 5.41) is 1.30. The number of hydrogen-bond donors (Lipinski definition) is 1. The van der Waals surface area contributed by atoms with Gasteiger partial charge in [0.2, 0.25) is 0 Å². The lowest BCUT2D eigenvalue weighted by Gasteiger charge is -2.10. The van der Waals surface area contributed by atoms with Crippen LogP contribution in [0.4, 0.5) is 0 Å². The highest BCUT2D eigenvalue weighted by atomic mass is 16.5. The highest BCUT2D eigenvalue weighted by molar-refractivity contribution is 5.86. The molecular weight excluding hydrogens is 236 g/mol. The normalized spacial score (nSPS) is 11.5. The summed E-state index contributed by atoms with van der Waals surface area (Å²) in [4.78, 5) is 0. The summed E-state index contributed by atoms with van der Waals surface area (Å²) in [6.45, 7) is 7.01. The van der Waals surface area contributed by atoms with Crippen LogP contribution in [0, 0.1) is 6.92 Å². The van der Waals surface area contributed by atoms with E-state index in [1.165, 1.54) is 22.2 Å². The third kappa shape index (κ3) is 2.76. The fraction of sp³-hybridized carbons (Fsp3) is 0.500.